The van der Waals surface area contributed by atoms with Crippen LogP contribution < -0.4 is 5.73 Å². The molecule has 0 amide bonds. The van der Waals surface area contributed by atoms with E-state index in [0.717, 1.165) is 18.5 Å². The van der Waals surface area contributed by atoms with E-state index in [1.54, 1.807) is 0 Å². The Kier molecular flexibility index (Phi) is 2.63. The van der Waals surface area contributed by atoms with Gasteiger partial charge in [0.2, 0.25) is 0 Å². The van der Waals surface area contributed by atoms with Gasteiger partial charge in [0.15, 0.2) is 0 Å². The number of hydrogen-bond donors (Lipinski definition) is 1. The van der Waals surface area contributed by atoms with Crippen molar-refractivity contribution in [2.24, 2.45) is 0 Å². The monoisotopic (exact) mass is 199 g/mol. The minimum absolute atomic E-state index is 0.916. The summed E-state index contributed by atoms with van der Waals surface area (Å²) in [4.78, 5) is 0. The van der Waals surface area contributed by atoms with Crippen molar-refractivity contribution in [1.82, 2.24) is 0 Å². The molecular weight excluding hydrogens is 182 g/mol. The molecule has 0 fully saturated rings. The topological polar surface area (TPSA) is 26.0 Å². The van der Waals surface area contributed by atoms with Crippen LogP contribution in [0.25, 0.3) is 5.57 Å². The lowest BCUT2D eigenvalue weighted by Gasteiger charge is -2.11. The minimum Gasteiger partial charge on any atom is -0.398 e. The molecule has 0 unspecified atom stereocenters. The predicted octanol–water partition coefficient (Wildman–Crippen LogP) is 3.62. The molecule has 1 nitrogen and oxygen atoms in total. The quantitative estimate of drug-likeness (QED) is 0.687. The maximum absolute atomic E-state index is 5.94. The molecule has 0 spiro atoms. The molecule has 0 heterocycles. The highest BCUT2D eigenvalue weighted by molar-refractivity contribution is 5.77. The Morgan fingerprint density at radius 1 is 1.07 bits per heavy atom. The number of rotatable bonds is 1. The summed E-state index contributed by atoms with van der Waals surface area (Å²) in [5.41, 5.74) is 11.8. The van der Waals surface area contributed by atoms with Crippen molar-refractivity contribution < 1.29 is 0 Å². The minimum atomic E-state index is 0.916. The average molecular weight is 199 g/mol. The SMILES string of the molecule is Cc1cc(C2=CCCC=C2)cc(C)c1N. The molecule has 78 valence electrons. The molecule has 15 heavy (non-hydrogen) atoms. The number of aryl methyl sites for hydroxylation is 2. The summed E-state index contributed by atoms with van der Waals surface area (Å²) in [6, 6.07) is 4.34. The zero-order chi connectivity index (χ0) is 10.8. The standard InChI is InChI=1S/C14H17N/c1-10-8-13(9-11(2)14(10)15)12-6-4-3-5-7-12/h4,6-9H,3,5,15H2,1-2H3. The van der Waals surface area contributed by atoms with Crippen LogP contribution in [0.15, 0.2) is 30.4 Å². The van der Waals surface area contributed by atoms with Gasteiger partial charge in [-0.15, -0.1) is 0 Å². The van der Waals surface area contributed by atoms with Gasteiger partial charge in [0.05, 0.1) is 0 Å². The summed E-state index contributed by atoms with van der Waals surface area (Å²) in [6.45, 7) is 4.14. The molecule has 2 N–H and O–H groups in total. The Morgan fingerprint density at radius 2 is 1.73 bits per heavy atom. The highest BCUT2D eigenvalue weighted by atomic mass is 14.6. The molecule has 0 bridgehead atoms. The number of allylic oxidation sites excluding steroid dienone is 4. The molecule has 0 aliphatic heterocycles. The Hall–Kier alpha value is -1.50. The van der Waals surface area contributed by atoms with Crippen LogP contribution in [0.4, 0.5) is 5.69 Å². The van der Waals surface area contributed by atoms with Gasteiger partial charge in [-0.2, -0.15) is 0 Å². The van der Waals surface area contributed by atoms with Crippen molar-refractivity contribution in [3.63, 3.8) is 0 Å². The molecule has 1 aromatic rings. The van der Waals surface area contributed by atoms with Crippen molar-refractivity contribution >= 4 is 11.3 Å². The van der Waals surface area contributed by atoms with Crippen LogP contribution in [-0.4, -0.2) is 0 Å². The van der Waals surface area contributed by atoms with Crippen LogP contribution in [0.3, 0.4) is 0 Å². The van der Waals surface area contributed by atoms with E-state index in [-0.39, 0.29) is 0 Å². The number of hydrogen-bond acceptors (Lipinski definition) is 1. The van der Waals surface area contributed by atoms with Gasteiger partial charge in [0.25, 0.3) is 0 Å². The third kappa shape index (κ3) is 1.96. The van der Waals surface area contributed by atoms with E-state index in [4.69, 9.17) is 5.73 Å². The van der Waals surface area contributed by atoms with Crippen LogP contribution in [0.2, 0.25) is 0 Å². The van der Waals surface area contributed by atoms with Gasteiger partial charge < -0.3 is 5.73 Å². The number of anilines is 1. The first-order chi connectivity index (χ1) is 7.18. The summed E-state index contributed by atoms with van der Waals surface area (Å²) in [7, 11) is 0. The third-order valence-electron chi connectivity index (χ3n) is 2.92. The fraction of sp³-hybridized carbons (Fsp3) is 0.286. The summed E-state index contributed by atoms with van der Waals surface area (Å²) >= 11 is 0. The highest BCUT2D eigenvalue weighted by Gasteiger charge is 2.05. The fourth-order valence-electron chi connectivity index (χ4n) is 1.97. The van der Waals surface area contributed by atoms with E-state index in [1.807, 2.05) is 0 Å². The molecule has 1 heteroatoms. The lowest BCUT2D eigenvalue weighted by Crippen LogP contribution is -1.96. The second kappa shape index (κ2) is 3.93. The fourth-order valence-corrected chi connectivity index (χ4v) is 1.97. The van der Waals surface area contributed by atoms with Crippen molar-refractivity contribution in [3.8, 4) is 0 Å². The first-order valence-corrected chi connectivity index (χ1v) is 5.42. The summed E-state index contributed by atoms with van der Waals surface area (Å²) in [5.74, 6) is 0. The average Bonchev–Trinajstić information content (AvgIpc) is 2.26. The van der Waals surface area contributed by atoms with Crippen molar-refractivity contribution in [2.75, 3.05) is 5.73 Å². The number of nitrogen functional groups attached to an aromatic ring is 1. The number of nitrogens with two attached hydrogens (primary N) is 1. The van der Waals surface area contributed by atoms with Crippen molar-refractivity contribution in [3.05, 3.63) is 47.1 Å². The van der Waals surface area contributed by atoms with E-state index < -0.39 is 0 Å². The van der Waals surface area contributed by atoms with E-state index in [2.05, 4.69) is 44.2 Å². The normalized spacial score (nSPS) is 15.2. The second-order valence-electron chi connectivity index (χ2n) is 4.16. The first-order valence-electron chi connectivity index (χ1n) is 5.42. The predicted molar refractivity (Wildman–Crippen MR) is 66.7 cm³/mol. The smallest absolute Gasteiger partial charge is 0.0373 e. The summed E-state index contributed by atoms with van der Waals surface area (Å²) < 4.78 is 0. The number of benzene rings is 1. The van der Waals surface area contributed by atoms with Crippen molar-refractivity contribution in [1.29, 1.82) is 0 Å². The van der Waals surface area contributed by atoms with Gasteiger partial charge in [-0.05, 0) is 61.1 Å². The van der Waals surface area contributed by atoms with E-state index >= 15 is 0 Å². The largest absolute Gasteiger partial charge is 0.398 e. The van der Waals surface area contributed by atoms with Crippen LogP contribution in [0, 0.1) is 13.8 Å². The Bertz CT molecular complexity index is 416. The third-order valence-corrected chi connectivity index (χ3v) is 2.92. The van der Waals surface area contributed by atoms with Crippen molar-refractivity contribution in [2.45, 2.75) is 26.7 Å². The maximum Gasteiger partial charge on any atom is 0.0373 e. The Morgan fingerprint density at radius 3 is 2.27 bits per heavy atom. The van der Waals surface area contributed by atoms with Gasteiger partial charge >= 0.3 is 0 Å². The van der Waals surface area contributed by atoms with E-state index in [0.29, 0.717) is 0 Å². The van der Waals surface area contributed by atoms with Gasteiger partial charge in [0.1, 0.15) is 0 Å². The molecule has 0 radical (unpaired) electrons. The lowest BCUT2D eigenvalue weighted by atomic mass is 9.95. The van der Waals surface area contributed by atoms with Crippen LogP contribution in [0.5, 0.6) is 0 Å². The van der Waals surface area contributed by atoms with Gasteiger partial charge in [-0.25, -0.2) is 0 Å². The molecule has 1 aromatic carbocycles. The summed E-state index contributed by atoms with van der Waals surface area (Å²) in [5, 5.41) is 0. The molecule has 0 saturated carbocycles. The molecule has 0 aromatic heterocycles. The van der Waals surface area contributed by atoms with E-state index in [9.17, 15) is 0 Å². The zero-order valence-corrected chi connectivity index (χ0v) is 9.38. The summed E-state index contributed by atoms with van der Waals surface area (Å²) in [6.07, 6.45) is 9.04. The first kappa shape index (κ1) is 10.0. The lowest BCUT2D eigenvalue weighted by molar-refractivity contribution is 1.04. The van der Waals surface area contributed by atoms with Crippen LogP contribution in [-0.2, 0) is 0 Å². The molecule has 1 aliphatic carbocycles. The van der Waals surface area contributed by atoms with Crippen LogP contribution >= 0.6 is 0 Å². The molecule has 0 saturated heterocycles. The molecule has 0 atom stereocenters. The van der Waals surface area contributed by atoms with Gasteiger partial charge in [-0.1, -0.05) is 18.2 Å². The van der Waals surface area contributed by atoms with Crippen LogP contribution in [0.1, 0.15) is 29.5 Å². The second-order valence-corrected chi connectivity index (χ2v) is 4.16. The zero-order valence-electron chi connectivity index (χ0n) is 9.38. The molecular formula is C14H17N. The molecule has 1 aliphatic rings. The maximum atomic E-state index is 5.94. The highest BCUT2D eigenvalue weighted by Crippen LogP contribution is 2.26. The Balaban J connectivity index is 2.45. The van der Waals surface area contributed by atoms with E-state index in [1.165, 1.54) is 22.3 Å². The van der Waals surface area contributed by atoms with Gasteiger partial charge in [-0.3, -0.25) is 0 Å². The van der Waals surface area contributed by atoms with Gasteiger partial charge in [0, 0.05) is 5.69 Å². The molecule has 2 rings (SSSR count). The Labute approximate surface area is 91.3 Å².